The molecule has 0 aliphatic carbocycles. The number of carbonyl (C=O) groups is 2. The third-order valence-electron chi connectivity index (χ3n) is 3.54. The van der Waals surface area contributed by atoms with Crippen LogP contribution in [0.15, 0.2) is 47.6 Å². The fraction of sp³-hybridized carbons (Fsp3) is 0.235. The number of nitrogens with zero attached hydrogens (tertiary/aromatic N) is 2. The number of thiophene rings is 1. The Balaban J connectivity index is 1.52. The molecule has 0 fully saturated rings. The summed E-state index contributed by atoms with van der Waals surface area (Å²) in [7, 11) is 0. The van der Waals surface area contributed by atoms with E-state index in [2.05, 4.69) is 15.6 Å². The Kier molecular flexibility index (Phi) is 5.30. The van der Waals surface area contributed by atoms with Gasteiger partial charge in [0.2, 0.25) is 0 Å². The number of nitrogens with one attached hydrogen (secondary N) is 2. The van der Waals surface area contributed by atoms with Gasteiger partial charge in [-0.2, -0.15) is 0 Å². The fourth-order valence-corrected chi connectivity index (χ4v) is 3.30. The van der Waals surface area contributed by atoms with Crippen molar-refractivity contribution in [3.8, 4) is 0 Å². The molecule has 0 spiro atoms. The first-order valence-electron chi connectivity index (χ1n) is 7.82. The van der Waals surface area contributed by atoms with E-state index < -0.39 is 0 Å². The third-order valence-corrected chi connectivity index (χ3v) is 4.69. The quantitative estimate of drug-likeness (QED) is 0.636. The van der Waals surface area contributed by atoms with Gasteiger partial charge in [0.15, 0.2) is 5.76 Å². The lowest BCUT2D eigenvalue weighted by atomic mass is 10.2. The van der Waals surface area contributed by atoms with E-state index in [4.69, 9.17) is 4.42 Å². The highest BCUT2D eigenvalue weighted by molar-refractivity contribution is 7.18. The van der Waals surface area contributed by atoms with Crippen LogP contribution in [-0.4, -0.2) is 27.9 Å². The van der Waals surface area contributed by atoms with Gasteiger partial charge < -0.3 is 19.6 Å². The summed E-state index contributed by atoms with van der Waals surface area (Å²) >= 11 is 1.25. The summed E-state index contributed by atoms with van der Waals surface area (Å²) in [6.45, 7) is 3.22. The Morgan fingerprint density at radius 3 is 2.96 bits per heavy atom. The summed E-state index contributed by atoms with van der Waals surface area (Å²) in [5, 5.41) is 6.26. The van der Waals surface area contributed by atoms with Gasteiger partial charge in [-0.15, -0.1) is 11.3 Å². The number of rotatable bonds is 7. The van der Waals surface area contributed by atoms with Crippen molar-refractivity contribution in [1.82, 2.24) is 14.9 Å². The van der Waals surface area contributed by atoms with Crippen molar-refractivity contribution < 1.29 is 14.0 Å². The van der Waals surface area contributed by atoms with Crippen molar-refractivity contribution in [3.05, 3.63) is 59.4 Å². The molecule has 0 unspecified atom stereocenters. The second-order valence-corrected chi connectivity index (χ2v) is 6.52. The van der Waals surface area contributed by atoms with E-state index in [0.717, 1.165) is 18.5 Å². The van der Waals surface area contributed by atoms with Crippen LogP contribution in [0, 0.1) is 6.92 Å². The first-order chi connectivity index (χ1) is 12.1. The van der Waals surface area contributed by atoms with Crippen molar-refractivity contribution in [2.75, 3.05) is 11.9 Å². The van der Waals surface area contributed by atoms with Crippen LogP contribution >= 0.6 is 11.3 Å². The number of aryl methyl sites for hydroxylation is 2. The summed E-state index contributed by atoms with van der Waals surface area (Å²) in [4.78, 5) is 28.9. The number of anilines is 1. The molecule has 3 rings (SSSR count). The van der Waals surface area contributed by atoms with Crippen LogP contribution in [0.4, 0.5) is 5.00 Å². The Morgan fingerprint density at radius 1 is 1.36 bits per heavy atom. The van der Waals surface area contributed by atoms with Crippen LogP contribution in [-0.2, 0) is 6.54 Å². The first kappa shape index (κ1) is 17.0. The largest absolute Gasteiger partial charge is 0.459 e. The van der Waals surface area contributed by atoms with Crippen LogP contribution < -0.4 is 10.6 Å². The Morgan fingerprint density at radius 2 is 2.24 bits per heavy atom. The normalized spacial score (nSPS) is 10.6. The van der Waals surface area contributed by atoms with Crippen molar-refractivity contribution in [2.24, 2.45) is 0 Å². The van der Waals surface area contributed by atoms with E-state index in [1.165, 1.54) is 17.6 Å². The highest BCUT2D eigenvalue weighted by Gasteiger charge is 2.16. The van der Waals surface area contributed by atoms with Crippen molar-refractivity contribution in [2.45, 2.75) is 19.9 Å². The fourth-order valence-electron chi connectivity index (χ4n) is 2.31. The third kappa shape index (κ3) is 4.36. The van der Waals surface area contributed by atoms with Gasteiger partial charge in [-0.1, -0.05) is 0 Å². The molecule has 0 bridgehead atoms. The van der Waals surface area contributed by atoms with E-state index in [1.54, 1.807) is 30.7 Å². The monoisotopic (exact) mass is 358 g/mol. The number of amides is 2. The van der Waals surface area contributed by atoms with E-state index in [-0.39, 0.29) is 17.6 Å². The van der Waals surface area contributed by atoms with Crippen LogP contribution in [0.2, 0.25) is 0 Å². The second kappa shape index (κ2) is 7.80. The molecule has 3 aromatic heterocycles. The SMILES string of the molecule is Cc1cc(NC(=O)c2ccco2)sc1C(=O)NCCCn1ccnc1. The lowest BCUT2D eigenvalue weighted by Gasteiger charge is -2.05. The summed E-state index contributed by atoms with van der Waals surface area (Å²) in [5.74, 6) is -0.235. The van der Waals surface area contributed by atoms with Crippen molar-refractivity contribution in [1.29, 1.82) is 0 Å². The molecule has 25 heavy (non-hydrogen) atoms. The average Bonchev–Trinajstić information content (AvgIpc) is 3.33. The molecule has 0 atom stereocenters. The van der Waals surface area contributed by atoms with Gasteiger partial charge in [0.25, 0.3) is 11.8 Å². The number of imidazole rings is 1. The van der Waals surface area contributed by atoms with E-state index >= 15 is 0 Å². The van der Waals surface area contributed by atoms with Gasteiger partial charge in [-0.3, -0.25) is 9.59 Å². The maximum atomic E-state index is 12.3. The first-order valence-corrected chi connectivity index (χ1v) is 8.64. The highest BCUT2D eigenvalue weighted by Crippen LogP contribution is 2.27. The molecule has 3 heterocycles. The van der Waals surface area contributed by atoms with Gasteiger partial charge >= 0.3 is 0 Å². The van der Waals surface area contributed by atoms with E-state index in [9.17, 15) is 9.59 Å². The van der Waals surface area contributed by atoms with E-state index in [0.29, 0.717) is 16.4 Å². The zero-order valence-corrected chi connectivity index (χ0v) is 14.5. The van der Waals surface area contributed by atoms with Gasteiger partial charge in [0.1, 0.15) is 0 Å². The molecule has 0 aliphatic heterocycles. The van der Waals surface area contributed by atoms with Gasteiger partial charge in [0, 0.05) is 25.5 Å². The highest BCUT2D eigenvalue weighted by atomic mass is 32.1. The molecule has 130 valence electrons. The van der Waals surface area contributed by atoms with Crippen LogP contribution in [0.5, 0.6) is 0 Å². The topological polar surface area (TPSA) is 89.2 Å². The zero-order chi connectivity index (χ0) is 17.6. The van der Waals surface area contributed by atoms with Crippen LogP contribution in [0.1, 0.15) is 32.2 Å². The van der Waals surface area contributed by atoms with Crippen LogP contribution in [0.3, 0.4) is 0 Å². The van der Waals surface area contributed by atoms with Gasteiger partial charge in [-0.25, -0.2) is 4.98 Å². The summed E-state index contributed by atoms with van der Waals surface area (Å²) in [6.07, 6.45) is 7.62. The number of hydrogen-bond acceptors (Lipinski definition) is 5. The Bertz CT molecular complexity index is 838. The molecule has 2 amide bonds. The average molecular weight is 358 g/mol. The molecule has 0 aliphatic rings. The van der Waals surface area contributed by atoms with Crippen LogP contribution in [0.25, 0.3) is 0 Å². The smallest absolute Gasteiger partial charge is 0.291 e. The molecular weight excluding hydrogens is 340 g/mol. The lowest BCUT2D eigenvalue weighted by Crippen LogP contribution is -2.24. The maximum Gasteiger partial charge on any atom is 0.291 e. The molecule has 0 aromatic carbocycles. The minimum absolute atomic E-state index is 0.133. The maximum absolute atomic E-state index is 12.3. The zero-order valence-electron chi connectivity index (χ0n) is 13.7. The van der Waals surface area contributed by atoms with Crippen molar-refractivity contribution in [3.63, 3.8) is 0 Å². The summed E-state index contributed by atoms with van der Waals surface area (Å²) < 4.78 is 7.02. The Labute approximate surface area is 148 Å². The molecular formula is C17H18N4O3S. The van der Waals surface area contributed by atoms with Crippen molar-refractivity contribution >= 4 is 28.2 Å². The predicted molar refractivity (Wildman–Crippen MR) is 94.9 cm³/mol. The lowest BCUT2D eigenvalue weighted by molar-refractivity contribution is 0.0954. The summed E-state index contributed by atoms with van der Waals surface area (Å²) in [6, 6.07) is 5.02. The second-order valence-electron chi connectivity index (χ2n) is 5.46. The number of carbonyl (C=O) groups excluding carboxylic acids is 2. The molecule has 0 saturated heterocycles. The van der Waals surface area contributed by atoms with Gasteiger partial charge in [-0.05, 0) is 37.1 Å². The van der Waals surface area contributed by atoms with E-state index in [1.807, 2.05) is 17.7 Å². The molecule has 2 N–H and O–H groups in total. The molecule has 0 saturated carbocycles. The number of hydrogen-bond donors (Lipinski definition) is 2. The summed E-state index contributed by atoms with van der Waals surface area (Å²) in [5.41, 5.74) is 0.826. The number of aromatic nitrogens is 2. The minimum Gasteiger partial charge on any atom is -0.459 e. The van der Waals surface area contributed by atoms with Gasteiger partial charge in [0.05, 0.1) is 22.5 Å². The standard InChI is InChI=1S/C17H18N4O3S/c1-12-10-14(20-16(22)13-4-2-9-24-13)25-15(12)17(23)19-5-3-7-21-8-6-18-11-21/h2,4,6,8-11H,3,5,7H2,1H3,(H,19,23)(H,20,22). The molecule has 3 aromatic rings. The molecule has 8 heteroatoms. The minimum atomic E-state index is -0.335. The Hall–Kier alpha value is -2.87. The molecule has 7 nitrogen and oxygen atoms in total. The number of furan rings is 1. The molecule has 0 radical (unpaired) electrons. The predicted octanol–water partition coefficient (Wildman–Crippen LogP) is 2.92.